The molecule has 0 radical (unpaired) electrons. The molecule has 78 valence electrons. The van der Waals surface area contributed by atoms with Crippen molar-refractivity contribution in [1.29, 1.82) is 0 Å². The van der Waals surface area contributed by atoms with Crippen LogP contribution in [0.3, 0.4) is 0 Å². The summed E-state index contributed by atoms with van der Waals surface area (Å²) in [6.07, 6.45) is 6.31. The molecule has 3 N–H and O–H groups in total. The third-order valence-corrected chi connectivity index (χ3v) is 1.67. The molecule has 0 aromatic carbocycles. The average Bonchev–Trinajstić information content (AvgIpc) is 2.69. The lowest BCUT2D eigenvalue weighted by molar-refractivity contribution is -0.139. The first-order chi connectivity index (χ1) is 7.15. The second-order valence-electron chi connectivity index (χ2n) is 2.74. The standard InChI is InChI=1S/C9H9N3O3/c1-2-3-7(9(14)15)11-8(13)6-4-5-10-12-6/h1,4-5,7H,3H2,(H,10,12)(H,11,13)(H,14,15). The fraction of sp³-hybridized carbons (Fsp3) is 0.222. The van der Waals surface area contributed by atoms with E-state index < -0.39 is 17.9 Å². The number of carbonyl (C=O) groups excluding carboxylic acids is 1. The predicted molar refractivity (Wildman–Crippen MR) is 50.9 cm³/mol. The second-order valence-corrected chi connectivity index (χ2v) is 2.74. The molecule has 0 spiro atoms. The minimum absolute atomic E-state index is 0.0603. The highest BCUT2D eigenvalue weighted by molar-refractivity contribution is 5.94. The summed E-state index contributed by atoms with van der Waals surface area (Å²) >= 11 is 0. The predicted octanol–water partition coefficient (Wildman–Crippen LogP) is -0.384. The molecule has 1 aromatic rings. The van der Waals surface area contributed by atoms with Crippen molar-refractivity contribution in [2.24, 2.45) is 0 Å². The van der Waals surface area contributed by atoms with Crippen molar-refractivity contribution in [2.45, 2.75) is 12.5 Å². The second kappa shape index (κ2) is 4.81. The number of rotatable bonds is 4. The number of aromatic amines is 1. The van der Waals surface area contributed by atoms with E-state index >= 15 is 0 Å². The van der Waals surface area contributed by atoms with Crippen LogP contribution < -0.4 is 5.32 Å². The number of H-pyrrole nitrogens is 1. The van der Waals surface area contributed by atoms with Crippen molar-refractivity contribution in [3.05, 3.63) is 18.0 Å². The van der Waals surface area contributed by atoms with Crippen LogP contribution in [0.5, 0.6) is 0 Å². The number of aromatic nitrogens is 2. The van der Waals surface area contributed by atoms with E-state index in [2.05, 4.69) is 21.4 Å². The van der Waals surface area contributed by atoms with E-state index in [1.165, 1.54) is 12.3 Å². The molecule has 0 aliphatic carbocycles. The number of carbonyl (C=O) groups is 2. The number of aliphatic carboxylic acids is 1. The van der Waals surface area contributed by atoms with Crippen LogP contribution in [0.1, 0.15) is 16.9 Å². The Labute approximate surface area is 85.7 Å². The Hall–Kier alpha value is -2.29. The molecule has 0 aliphatic heterocycles. The Kier molecular flexibility index (Phi) is 3.46. The van der Waals surface area contributed by atoms with E-state index in [0.29, 0.717) is 0 Å². The van der Waals surface area contributed by atoms with Crippen LogP contribution in [-0.4, -0.2) is 33.2 Å². The summed E-state index contributed by atoms with van der Waals surface area (Å²) in [7, 11) is 0. The van der Waals surface area contributed by atoms with Crippen LogP contribution >= 0.6 is 0 Å². The van der Waals surface area contributed by atoms with E-state index in [-0.39, 0.29) is 12.1 Å². The van der Waals surface area contributed by atoms with Gasteiger partial charge in [-0.15, -0.1) is 12.3 Å². The van der Waals surface area contributed by atoms with Gasteiger partial charge >= 0.3 is 5.97 Å². The molecule has 15 heavy (non-hydrogen) atoms. The molecule has 0 saturated heterocycles. The van der Waals surface area contributed by atoms with E-state index in [9.17, 15) is 9.59 Å². The van der Waals surface area contributed by atoms with Gasteiger partial charge in [0.25, 0.3) is 5.91 Å². The van der Waals surface area contributed by atoms with Crippen molar-refractivity contribution < 1.29 is 14.7 Å². The maximum atomic E-state index is 11.4. The van der Waals surface area contributed by atoms with Crippen LogP contribution in [0.15, 0.2) is 12.3 Å². The summed E-state index contributed by atoms with van der Waals surface area (Å²) in [5.74, 6) is 0.466. The lowest BCUT2D eigenvalue weighted by Crippen LogP contribution is -2.40. The molecule has 0 aliphatic rings. The van der Waals surface area contributed by atoms with E-state index in [1.54, 1.807) is 0 Å². The molecule has 1 aromatic heterocycles. The summed E-state index contributed by atoms with van der Waals surface area (Å²) < 4.78 is 0. The minimum Gasteiger partial charge on any atom is -0.480 e. The molecule has 6 heteroatoms. The number of hydrogen-bond donors (Lipinski definition) is 3. The molecule has 1 unspecified atom stereocenters. The van der Waals surface area contributed by atoms with Crippen molar-refractivity contribution >= 4 is 11.9 Å². The number of nitrogens with one attached hydrogen (secondary N) is 2. The molecular weight excluding hydrogens is 198 g/mol. The molecule has 1 heterocycles. The Balaban J connectivity index is 2.64. The number of hydrogen-bond acceptors (Lipinski definition) is 3. The first kappa shape index (κ1) is 10.8. The zero-order valence-corrected chi connectivity index (χ0v) is 7.73. The Bertz CT molecular complexity index is 391. The van der Waals surface area contributed by atoms with Crippen LogP contribution in [0.25, 0.3) is 0 Å². The number of terminal acetylenes is 1. The number of nitrogens with zero attached hydrogens (tertiary/aromatic N) is 1. The van der Waals surface area contributed by atoms with Gasteiger partial charge in [-0.2, -0.15) is 5.10 Å². The maximum absolute atomic E-state index is 11.4. The van der Waals surface area contributed by atoms with Crippen molar-refractivity contribution in [3.63, 3.8) is 0 Å². The van der Waals surface area contributed by atoms with E-state index in [1.807, 2.05) is 0 Å². The van der Waals surface area contributed by atoms with Gasteiger partial charge in [0.05, 0.1) is 0 Å². The lowest BCUT2D eigenvalue weighted by Gasteiger charge is -2.10. The third kappa shape index (κ3) is 2.84. The monoisotopic (exact) mass is 207 g/mol. The number of carboxylic acids is 1. The van der Waals surface area contributed by atoms with E-state index in [4.69, 9.17) is 11.5 Å². The van der Waals surface area contributed by atoms with Crippen molar-refractivity contribution in [3.8, 4) is 12.3 Å². The topological polar surface area (TPSA) is 95.1 Å². The highest BCUT2D eigenvalue weighted by Crippen LogP contribution is 1.96. The summed E-state index contributed by atoms with van der Waals surface area (Å²) in [5, 5.41) is 17.0. The molecular formula is C9H9N3O3. The van der Waals surface area contributed by atoms with Gasteiger partial charge in [0.1, 0.15) is 11.7 Å². The molecule has 0 bridgehead atoms. The van der Waals surface area contributed by atoms with Crippen molar-refractivity contribution in [1.82, 2.24) is 15.5 Å². The first-order valence-corrected chi connectivity index (χ1v) is 4.11. The largest absolute Gasteiger partial charge is 0.480 e. The van der Waals surface area contributed by atoms with Gasteiger partial charge in [-0.1, -0.05) is 0 Å². The summed E-state index contributed by atoms with van der Waals surface area (Å²) in [6, 6.07) is 0.357. The lowest BCUT2D eigenvalue weighted by atomic mass is 10.2. The van der Waals surface area contributed by atoms with Gasteiger partial charge in [0.2, 0.25) is 0 Å². The van der Waals surface area contributed by atoms with Gasteiger partial charge in [0, 0.05) is 12.6 Å². The first-order valence-electron chi connectivity index (χ1n) is 4.11. The smallest absolute Gasteiger partial charge is 0.327 e. The molecule has 0 fully saturated rings. The van der Waals surface area contributed by atoms with Crippen LogP contribution in [0.4, 0.5) is 0 Å². The zero-order chi connectivity index (χ0) is 11.3. The highest BCUT2D eigenvalue weighted by atomic mass is 16.4. The Morgan fingerprint density at radius 2 is 2.47 bits per heavy atom. The fourth-order valence-electron chi connectivity index (χ4n) is 0.936. The summed E-state index contributed by atoms with van der Waals surface area (Å²) in [5.41, 5.74) is 0.193. The number of amides is 1. The molecule has 1 rings (SSSR count). The van der Waals surface area contributed by atoms with Crippen LogP contribution in [0, 0.1) is 12.3 Å². The fourth-order valence-corrected chi connectivity index (χ4v) is 0.936. The zero-order valence-electron chi connectivity index (χ0n) is 7.73. The summed E-state index contributed by atoms with van der Waals surface area (Å²) in [6.45, 7) is 0. The normalized spacial score (nSPS) is 11.4. The molecule has 1 atom stereocenters. The molecule has 6 nitrogen and oxygen atoms in total. The van der Waals surface area contributed by atoms with E-state index in [0.717, 1.165) is 0 Å². The Morgan fingerprint density at radius 3 is 2.93 bits per heavy atom. The molecule has 1 amide bonds. The maximum Gasteiger partial charge on any atom is 0.327 e. The highest BCUT2D eigenvalue weighted by Gasteiger charge is 2.19. The van der Waals surface area contributed by atoms with Crippen LogP contribution in [0.2, 0.25) is 0 Å². The number of carboxylic acid groups (broad SMARTS) is 1. The summed E-state index contributed by atoms with van der Waals surface area (Å²) in [4.78, 5) is 22.0. The van der Waals surface area contributed by atoms with Gasteiger partial charge in [-0.25, -0.2) is 4.79 Å². The minimum atomic E-state index is -1.17. The van der Waals surface area contributed by atoms with Gasteiger partial charge in [0.15, 0.2) is 0 Å². The van der Waals surface area contributed by atoms with Crippen molar-refractivity contribution in [2.75, 3.05) is 0 Å². The molecule has 0 saturated carbocycles. The van der Waals surface area contributed by atoms with Gasteiger partial charge in [-0.3, -0.25) is 9.89 Å². The van der Waals surface area contributed by atoms with Gasteiger partial charge in [-0.05, 0) is 6.07 Å². The average molecular weight is 207 g/mol. The SMILES string of the molecule is C#CCC(NC(=O)c1ccn[nH]1)C(=O)O. The Morgan fingerprint density at radius 1 is 1.73 bits per heavy atom. The van der Waals surface area contributed by atoms with Gasteiger partial charge < -0.3 is 10.4 Å². The van der Waals surface area contributed by atoms with Crippen LogP contribution in [-0.2, 0) is 4.79 Å². The quantitative estimate of drug-likeness (QED) is 0.586. The third-order valence-electron chi connectivity index (χ3n) is 1.67.